The molecule has 1 saturated heterocycles. The van der Waals surface area contributed by atoms with Gasteiger partial charge in [0, 0.05) is 39.2 Å². The molecule has 19 heavy (non-hydrogen) atoms. The van der Waals surface area contributed by atoms with Crippen molar-refractivity contribution in [3.63, 3.8) is 0 Å². The van der Waals surface area contributed by atoms with E-state index in [9.17, 15) is 0 Å². The van der Waals surface area contributed by atoms with Gasteiger partial charge in [0.05, 0.1) is 5.60 Å². The van der Waals surface area contributed by atoms with Crippen molar-refractivity contribution in [1.29, 1.82) is 0 Å². The first kappa shape index (κ1) is 15.3. The highest BCUT2D eigenvalue weighted by atomic mass is 16.5. The molecule has 0 spiro atoms. The molecule has 0 amide bonds. The largest absolute Gasteiger partial charge is 0.381 e. The van der Waals surface area contributed by atoms with Gasteiger partial charge >= 0.3 is 0 Å². The van der Waals surface area contributed by atoms with E-state index in [-0.39, 0.29) is 5.60 Å². The average molecular weight is 269 g/mol. The molecule has 0 aromatic carbocycles. The summed E-state index contributed by atoms with van der Waals surface area (Å²) < 4.78 is 11.5. The first-order valence-electron chi connectivity index (χ1n) is 8.06. The summed E-state index contributed by atoms with van der Waals surface area (Å²) in [4.78, 5) is 0. The van der Waals surface area contributed by atoms with Crippen molar-refractivity contribution in [2.45, 2.75) is 63.5 Å². The predicted molar refractivity (Wildman–Crippen MR) is 78.4 cm³/mol. The van der Waals surface area contributed by atoms with E-state index in [1.807, 2.05) is 7.11 Å². The Balaban J connectivity index is 2.02. The topological polar surface area (TPSA) is 30.5 Å². The summed E-state index contributed by atoms with van der Waals surface area (Å²) in [6.45, 7) is 4.02. The van der Waals surface area contributed by atoms with Gasteiger partial charge in [0.1, 0.15) is 0 Å². The van der Waals surface area contributed by atoms with Gasteiger partial charge in [-0.1, -0.05) is 26.2 Å². The molecule has 1 N–H and O–H groups in total. The molecule has 1 aliphatic carbocycles. The third kappa shape index (κ3) is 3.32. The zero-order chi connectivity index (χ0) is 13.7. The molecule has 1 saturated carbocycles. The van der Waals surface area contributed by atoms with Crippen LogP contribution in [0.1, 0.15) is 51.9 Å². The van der Waals surface area contributed by atoms with Crippen LogP contribution in [0.2, 0.25) is 0 Å². The summed E-state index contributed by atoms with van der Waals surface area (Å²) in [5, 5.41) is 3.59. The number of methoxy groups -OCH3 is 1. The Labute approximate surface area is 118 Å². The highest BCUT2D eigenvalue weighted by Gasteiger charge is 2.44. The summed E-state index contributed by atoms with van der Waals surface area (Å²) in [7, 11) is 3.99. The molecule has 3 heteroatoms. The van der Waals surface area contributed by atoms with E-state index in [2.05, 4.69) is 19.3 Å². The van der Waals surface area contributed by atoms with Crippen LogP contribution in [0.15, 0.2) is 0 Å². The molecule has 112 valence electrons. The molecule has 2 rings (SSSR count). The molecule has 1 aliphatic heterocycles. The van der Waals surface area contributed by atoms with Gasteiger partial charge in [0.15, 0.2) is 0 Å². The fourth-order valence-electron chi connectivity index (χ4n) is 4.22. The molecule has 0 aromatic heterocycles. The number of rotatable bonds is 5. The van der Waals surface area contributed by atoms with E-state index in [1.165, 1.54) is 32.1 Å². The van der Waals surface area contributed by atoms with Crippen LogP contribution < -0.4 is 5.32 Å². The van der Waals surface area contributed by atoms with E-state index in [1.54, 1.807) is 0 Å². The lowest BCUT2D eigenvalue weighted by Crippen LogP contribution is -2.57. The van der Waals surface area contributed by atoms with Crippen LogP contribution in [0.4, 0.5) is 0 Å². The molecule has 1 unspecified atom stereocenters. The van der Waals surface area contributed by atoms with Crippen molar-refractivity contribution in [1.82, 2.24) is 5.32 Å². The molecule has 1 atom stereocenters. The Kier molecular flexibility index (Phi) is 5.67. The maximum atomic E-state index is 6.00. The summed E-state index contributed by atoms with van der Waals surface area (Å²) in [5.41, 5.74) is -0.00326. The molecule has 0 bridgehead atoms. The van der Waals surface area contributed by atoms with Crippen LogP contribution in [-0.2, 0) is 9.47 Å². The second-order valence-corrected chi connectivity index (χ2v) is 6.34. The molecule has 2 fully saturated rings. The van der Waals surface area contributed by atoms with Gasteiger partial charge in [0.2, 0.25) is 0 Å². The molecule has 0 aromatic rings. The smallest absolute Gasteiger partial charge is 0.0877 e. The number of nitrogens with one attached hydrogen (secondary N) is 1. The minimum atomic E-state index is -0.00326. The zero-order valence-electron chi connectivity index (χ0n) is 12.9. The first-order chi connectivity index (χ1) is 9.25. The number of likely N-dealkylation sites (N-methyl/N-ethyl adjacent to an activating group) is 1. The normalized spacial score (nSPS) is 33.0. The van der Waals surface area contributed by atoms with Crippen molar-refractivity contribution < 1.29 is 9.47 Å². The van der Waals surface area contributed by atoms with E-state index in [0.29, 0.717) is 6.04 Å². The lowest BCUT2D eigenvalue weighted by molar-refractivity contribution is -0.122. The monoisotopic (exact) mass is 269 g/mol. The van der Waals surface area contributed by atoms with E-state index in [4.69, 9.17) is 9.47 Å². The van der Waals surface area contributed by atoms with Gasteiger partial charge in [-0.25, -0.2) is 0 Å². The third-order valence-corrected chi connectivity index (χ3v) is 5.56. The molecule has 1 heterocycles. The Bertz CT molecular complexity index is 255. The standard InChI is InChI=1S/C16H31NO2/c1-4-13-5-7-14(8-6-13)15(17-2)16(18-3)9-11-19-12-10-16/h13-15,17H,4-12H2,1-3H3. The van der Waals surface area contributed by atoms with Gasteiger partial charge in [-0.3, -0.25) is 0 Å². The maximum Gasteiger partial charge on any atom is 0.0877 e. The lowest BCUT2D eigenvalue weighted by atomic mass is 9.71. The number of hydrogen-bond donors (Lipinski definition) is 1. The van der Waals surface area contributed by atoms with Gasteiger partial charge in [-0.15, -0.1) is 0 Å². The zero-order valence-corrected chi connectivity index (χ0v) is 12.9. The van der Waals surface area contributed by atoms with E-state index >= 15 is 0 Å². The summed E-state index contributed by atoms with van der Waals surface area (Å²) in [6, 6.07) is 0.485. The van der Waals surface area contributed by atoms with Crippen molar-refractivity contribution >= 4 is 0 Å². The third-order valence-electron chi connectivity index (χ3n) is 5.56. The van der Waals surface area contributed by atoms with Crippen LogP contribution in [-0.4, -0.2) is 39.0 Å². The highest BCUT2D eigenvalue weighted by molar-refractivity contribution is 4.98. The highest BCUT2D eigenvalue weighted by Crippen LogP contribution is 2.39. The quantitative estimate of drug-likeness (QED) is 0.832. The summed E-state index contributed by atoms with van der Waals surface area (Å²) >= 11 is 0. The second kappa shape index (κ2) is 7.05. The van der Waals surface area contributed by atoms with Crippen LogP contribution >= 0.6 is 0 Å². The maximum absolute atomic E-state index is 6.00. The Morgan fingerprint density at radius 2 is 1.84 bits per heavy atom. The molecule has 3 nitrogen and oxygen atoms in total. The molecular weight excluding hydrogens is 238 g/mol. The van der Waals surface area contributed by atoms with E-state index < -0.39 is 0 Å². The Morgan fingerprint density at radius 3 is 2.32 bits per heavy atom. The summed E-state index contributed by atoms with van der Waals surface area (Å²) in [5.74, 6) is 1.73. The fourth-order valence-corrected chi connectivity index (χ4v) is 4.22. The van der Waals surface area contributed by atoms with Gasteiger partial charge in [-0.05, 0) is 31.7 Å². The van der Waals surface area contributed by atoms with Crippen LogP contribution in [0.25, 0.3) is 0 Å². The SMILES string of the molecule is CCC1CCC(C(NC)C2(OC)CCOCC2)CC1. The molecule has 2 aliphatic rings. The van der Waals surface area contributed by atoms with Crippen molar-refractivity contribution in [3.8, 4) is 0 Å². The average Bonchev–Trinajstić information content (AvgIpc) is 2.49. The van der Waals surface area contributed by atoms with Crippen molar-refractivity contribution in [2.24, 2.45) is 11.8 Å². The summed E-state index contributed by atoms with van der Waals surface area (Å²) in [6.07, 6.45) is 8.92. The predicted octanol–water partition coefficient (Wildman–Crippen LogP) is 2.99. The van der Waals surface area contributed by atoms with Gasteiger partial charge < -0.3 is 14.8 Å². The Hall–Kier alpha value is -0.120. The van der Waals surface area contributed by atoms with Gasteiger partial charge in [-0.2, -0.15) is 0 Å². The number of hydrogen-bond acceptors (Lipinski definition) is 3. The Morgan fingerprint density at radius 1 is 1.21 bits per heavy atom. The lowest BCUT2D eigenvalue weighted by Gasteiger charge is -2.47. The molecular formula is C16H31NO2. The van der Waals surface area contributed by atoms with Crippen LogP contribution in [0.5, 0.6) is 0 Å². The minimum Gasteiger partial charge on any atom is -0.381 e. The fraction of sp³-hybridized carbons (Fsp3) is 1.00. The van der Waals surface area contributed by atoms with Gasteiger partial charge in [0.25, 0.3) is 0 Å². The molecule has 0 radical (unpaired) electrons. The van der Waals surface area contributed by atoms with Crippen LogP contribution in [0, 0.1) is 11.8 Å². The second-order valence-electron chi connectivity index (χ2n) is 6.34. The van der Waals surface area contributed by atoms with Crippen molar-refractivity contribution in [2.75, 3.05) is 27.4 Å². The van der Waals surface area contributed by atoms with Crippen LogP contribution in [0.3, 0.4) is 0 Å². The van der Waals surface area contributed by atoms with E-state index in [0.717, 1.165) is 37.9 Å². The van der Waals surface area contributed by atoms with Crippen molar-refractivity contribution in [3.05, 3.63) is 0 Å². The first-order valence-corrected chi connectivity index (χ1v) is 8.06. The minimum absolute atomic E-state index is 0.00326. The number of ether oxygens (including phenoxy) is 2.